The Kier molecular flexibility index (Phi) is 25.4. The van der Waals surface area contributed by atoms with Crippen LogP contribution < -0.4 is 21.9 Å². The number of aliphatic hydroxyl groups is 2. The molecule has 3 amide bonds. The third-order valence-electron chi connectivity index (χ3n) is 12.8. The molecule has 0 aliphatic heterocycles. The molecule has 2 aromatic heterocycles. The highest BCUT2D eigenvalue weighted by molar-refractivity contribution is 6.31. The largest absolute Gasteiger partial charge is 0.479 e. The van der Waals surface area contributed by atoms with Gasteiger partial charge in [-0.1, -0.05) is 99.4 Å². The number of rotatable bonds is 27. The minimum Gasteiger partial charge on any atom is -0.479 e. The quantitative estimate of drug-likeness (QED) is 0.0134. The number of ether oxygens (including phenoxy) is 3. The van der Waals surface area contributed by atoms with Crippen molar-refractivity contribution in [3.63, 3.8) is 0 Å². The van der Waals surface area contributed by atoms with Gasteiger partial charge in [0.2, 0.25) is 0 Å². The molecule has 6 rings (SSSR count). The number of nitrogens with two attached hydrogens (primary N) is 1. The Morgan fingerprint density at radius 1 is 0.602 bits per heavy atom. The summed E-state index contributed by atoms with van der Waals surface area (Å²) in [5, 5.41) is 52.0. The average Bonchev–Trinajstić information content (AvgIpc) is 2.13. The molecule has 6 aromatic rings. The van der Waals surface area contributed by atoms with E-state index < -0.39 is 122 Å². The average molecular weight is 1270 g/mol. The van der Waals surface area contributed by atoms with Crippen molar-refractivity contribution in [2.45, 2.75) is 92.4 Å². The Hall–Kier alpha value is -9.03. The number of aliphatic carboxylic acids is 2. The van der Waals surface area contributed by atoms with E-state index in [0.717, 1.165) is 32.6 Å². The summed E-state index contributed by atoms with van der Waals surface area (Å²) in [5.74, 6) is -8.86. The number of methoxy groups -OCH3 is 1. The number of aromatic nitrogens is 4. The molecular formula is C58H64Cl2F2N10O16. The molecule has 0 spiro atoms. The summed E-state index contributed by atoms with van der Waals surface area (Å²) in [6.45, 7) is 6.85. The number of hydrazine groups is 2. The van der Waals surface area contributed by atoms with Crippen LogP contribution in [0.5, 0.6) is 0 Å². The van der Waals surface area contributed by atoms with Crippen LogP contribution in [0.2, 0.25) is 10.0 Å². The minimum atomic E-state index is -1.89. The fourth-order valence-corrected chi connectivity index (χ4v) is 8.21. The number of ketones is 2. The Morgan fingerprint density at radius 2 is 0.989 bits per heavy atom. The zero-order valence-corrected chi connectivity index (χ0v) is 49.9. The Bertz CT molecular complexity index is 3510. The number of carbonyl (C=O) groups is 9. The second-order valence-electron chi connectivity index (χ2n) is 20.2. The van der Waals surface area contributed by atoms with E-state index in [2.05, 4.69) is 31.1 Å². The summed E-state index contributed by atoms with van der Waals surface area (Å²) in [4.78, 5) is 110. The molecule has 0 radical (unpaired) electrons. The molecule has 0 saturated carbocycles. The molecule has 0 aliphatic rings. The summed E-state index contributed by atoms with van der Waals surface area (Å²) in [7, 11) is 1.13. The first-order valence-corrected chi connectivity index (χ1v) is 27.3. The first kappa shape index (κ1) is 69.7. The van der Waals surface area contributed by atoms with E-state index in [-0.39, 0.29) is 52.9 Å². The van der Waals surface area contributed by atoms with Crippen LogP contribution in [0.15, 0.2) is 97.1 Å². The number of hydrogen-bond acceptors (Lipinski definition) is 19. The standard InChI is InChI=1S/C30H33ClFN5O9.C28H31ClFN5O7/c1-16(2)26(33-30(44)45-4)29(43)46-15-37-24(12-23(34-37)17(3)38)27(40)35-36(14-25(39)28(41)42)13-18-5-7-19(8-6-18)21-11-20(31)9-10-22(21)32;1-15(2)25(31)28(41)42-14-35-23(11-22(32-35)16(3)36)26(38)33-34(13-24(37)27(39)40)12-17-4-6-18(7-5-17)20-10-19(29)8-9-21(20)30/h5-12,16,25-26,39H,13-15H2,1-4H3,(H,33,44)(H,35,40)(H,41,42);4-11,15,24-25,37H,12-14,31H2,1-3H3,(H,33,38)(H,39,40)/t25-,26+;24-,25+/m11/s1. The summed E-state index contributed by atoms with van der Waals surface area (Å²) < 4.78 is 45.6. The van der Waals surface area contributed by atoms with Crippen molar-refractivity contribution in [3.8, 4) is 22.3 Å². The molecule has 0 bridgehead atoms. The monoisotopic (exact) mass is 1260 g/mol. The molecule has 4 atom stereocenters. The maximum Gasteiger partial charge on any atom is 0.407 e. The predicted molar refractivity (Wildman–Crippen MR) is 310 cm³/mol. The van der Waals surface area contributed by atoms with E-state index in [1.165, 1.54) is 56.3 Å². The van der Waals surface area contributed by atoms with Gasteiger partial charge in [-0.05, 0) is 70.5 Å². The van der Waals surface area contributed by atoms with Crippen LogP contribution in [-0.2, 0) is 59.9 Å². The highest BCUT2D eigenvalue weighted by Gasteiger charge is 2.30. The molecule has 9 N–H and O–H groups in total. The highest BCUT2D eigenvalue weighted by atomic mass is 35.5. The zero-order valence-electron chi connectivity index (χ0n) is 48.4. The number of carboxylic acids is 2. The maximum absolute atomic E-state index is 14.3. The van der Waals surface area contributed by atoms with Gasteiger partial charge in [-0.3, -0.25) is 34.8 Å². The van der Waals surface area contributed by atoms with Crippen molar-refractivity contribution < 1.29 is 86.6 Å². The van der Waals surface area contributed by atoms with Crippen LogP contribution in [0.25, 0.3) is 22.3 Å². The van der Waals surface area contributed by atoms with Gasteiger partial charge >= 0.3 is 30.0 Å². The minimum absolute atomic E-state index is 0.0691. The number of aliphatic hydroxyl groups excluding tert-OH is 2. The number of Topliss-reactive ketones (excluding diaryl/α,β-unsaturated/α-hetero) is 2. The first-order valence-electron chi connectivity index (χ1n) is 26.6. The summed E-state index contributed by atoms with van der Waals surface area (Å²) in [5.41, 5.74) is 12.9. The number of benzene rings is 4. The van der Waals surface area contributed by atoms with Crippen LogP contribution in [0.3, 0.4) is 0 Å². The van der Waals surface area contributed by atoms with E-state index in [1.807, 2.05) is 0 Å². The van der Waals surface area contributed by atoms with Gasteiger partial charge in [0, 0.05) is 60.2 Å². The van der Waals surface area contributed by atoms with Gasteiger partial charge < -0.3 is 45.7 Å². The number of carbonyl (C=O) groups excluding carboxylic acids is 7. The fraction of sp³-hybridized carbons (Fsp3) is 0.328. The Labute approximate surface area is 512 Å². The van der Waals surface area contributed by atoms with Crippen molar-refractivity contribution in [2.75, 3.05) is 20.2 Å². The molecule has 0 saturated heterocycles. The van der Waals surface area contributed by atoms with Crippen LogP contribution in [0, 0.1) is 23.5 Å². The third-order valence-corrected chi connectivity index (χ3v) is 13.3. The smallest absolute Gasteiger partial charge is 0.407 e. The number of halogens is 4. The molecule has 26 nitrogen and oxygen atoms in total. The van der Waals surface area contributed by atoms with Gasteiger partial charge in [-0.25, -0.2) is 47.3 Å². The van der Waals surface area contributed by atoms with Gasteiger partial charge in [0.1, 0.15) is 46.5 Å². The van der Waals surface area contributed by atoms with Gasteiger partial charge in [0.15, 0.2) is 37.2 Å². The van der Waals surface area contributed by atoms with Crippen molar-refractivity contribution in [1.29, 1.82) is 0 Å². The van der Waals surface area contributed by atoms with Crippen molar-refractivity contribution in [1.82, 2.24) is 45.7 Å². The lowest BCUT2D eigenvalue weighted by molar-refractivity contribution is -0.152. The zero-order chi connectivity index (χ0) is 65.3. The summed E-state index contributed by atoms with van der Waals surface area (Å²) in [6, 6.07) is 21.6. The number of nitrogens with zero attached hydrogens (tertiary/aromatic N) is 6. The number of esters is 2. The lowest BCUT2D eigenvalue weighted by Crippen LogP contribution is -2.48. The number of carboxylic acid groups (broad SMARTS) is 2. The fourth-order valence-electron chi connectivity index (χ4n) is 7.86. The number of alkyl carbamates (subject to hydrolysis) is 1. The molecule has 0 fully saturated rings. The molecule has 30 heteroatoms. The predicted octanol–water partition coefficient (Wildman–Crippen LogP) is 5.64. The second-order valence-corrected chi connectivity index (χ2v) is 21.1. The molecular weight excluding hydrogens is 1200 g/mol. The van der Waals surface area contributed by atoms with E-state index >= 15 is 0 Å². The molecule has 88 heavy (non-hydrogen) atoms. The normalized spacial score (nSPS) is 12.5. The van der Waals surface area contributed by atoms with Crippen LogP contribution >= 0.6 is 23.2 Å². The van der Waals surface area contributed by atoms with Gasteiger partial charge in [0.05, 0.1) is 20.2 Å². The molecule has 470 valence electrons. The number of nitrogens with one attached hydrogen (secondary N) is 3. The molecule has 4 aromatic carbocycles. The first-order chi connectivity index (χ1) is 41.5. The third kappa shape index (κ3) is 20.0. The Morgan fingerprint density at radius 3 is 1.33 bits per heavy atom. The van der Waals surface area contributed by atoms with Crippen molar-refractivity contribution in [3.05, 3.63) is 153 Å². The van der Waals surface area contributed by atoms with Crippen LogP contribution in [0.1, 0.15) is 94.6 Å². The second kappa shape index (κ2) is 32.1. The maximum atomic E-state index is 14.3. The van der Waals surface area contributed by atoms with E-state index in [9.17, 15) is 72.4 Å². The van der Waals surface area contributed by atoms with Crippen molar-refractivity contribution in [2.24, 2.45) is 17.6 Å². The molecule has 0 unspecified atom stereocenters. The Balaban J connectivity index is 0.000000322. The number of amides is 3. The summed E-state index contributed by atoms with van der Waals surface area (Å²) in [6.07, 6.45) is -4.61. The lowest BCUT2D eigenvalue weighted by Gasteiger charge is -2.25. The molecule has 2 heterocycles. The van der Waals surface area contributed by atoms with Crippen molar-refractivity contribution >= 4 is 76.6 Å². The molecule has 0 aliphatic carbocycles. The van der Waals surface area contributed by atoms with E-state index in [1.54, 1.807) is 76.2 Å². The van der Waals surface area contributed by atoms with Gasteiger partial charge in [-0.2, -0.15) is 10.2 Å². The summed E-state index contributed by atoms with van der Waals surface area (Å²) >= 11 is 12.0. The lowest BCUT2D eigenvalue weighted by atomic mass is 10.0. The van der Waals surface area contributed by atoms with Gasteiger partial charge in [-0.15, -0.1) is 0 Å². The van der Waals surface area contributed by atoms with E-state index in [4.69, 9.17) is 38.4 Å². The van der Waals surface area contributed by atoms with Crippen LogP contribution in [0.4, 0.5) is 13.6 Å². The topological polar surface area (TPSA) is 366 Å². The van der Waals surface area contributed by atoms with E-state index in [0.29, 0.717) is 32.3 Å². The highest BCUT2D eigenvalue weighted by Crippen LogP contribution is 2.28. The number of hydrogen-bond donors (Lipinski definition) is 8. The van der Waals surface area contributed by atoms with Gasteiger partial charge in [0.25, 0.3) is 11.8 Å². The SMILES string of the molecule is CC(=O)c1cc(C(=O)NN(Cc2ccc(-c3cc(Cl)ccc3F)cc2)C[C@@H](O)C(=O)O)n(COC(=O)[C@@H](N)C(C)C)n1.COC(=O)N[C@H](C(=O)OCn1nc(C(C)=O)cc1C(=O)NN(Cc1ccc(-c2cc(Cl)ccc2F)cc1)C[C@@H](O)C(=O)O)C(C)C. The van der Waals surface area contributed by atoms with Crippen LogP contribution in [-0.4, -0.2) is 148 Å².